The van der Waals surface area contributed by atoms with Crippen molar-refractivity contribution in [3.63, 3.8) is 0 Å². The topological polar surface area (TPSA) is 127 Å². The van der Waals surface area contributed by atoms with E-state index in [0.29, 0.717) is 55.2 Å². The molecule has 1 amide bonds. The first-order valence-electron chi connectivity index (χ1n) is 15.0. The Morgan fingerprint density at radius 1 is 1.11 bits per heavy atom. The summed E-state index contributed by atoms with van der Waals surface area (Å²) in [4.78, 5) is 33.4. The highest BCUT2D eigenvalue weighted by Gasteiger charge is 2.41. The number of ether oxygens (including phenoxy) is 2. The number of aromatic amines is 1. The number of carbonyl (C=O) groups is 1. The first kappa shape index (κ1) is 30.8. The van der Waals surface area contributed by atoms with Gasteiger partial charge in [0.25, 0.3) is 5.91 Å². The number of benzene rings is 2. The number of aliphatic hydroxyl groups is 1. The Kier molecular flexibility index (Phi) is 9.36. The minimum absolute atomic E-state index is 0.00577. The van der Waals surface area contributed by atoms with Gasteiger partial charge in [-0.25, -0.2) is 0 Å². The van der Waals surface area contributed by atoms with E-state index in [1.807, 2.05) is 48.2 Å². The fraction of sp³-hybridized carbons (Fsp3) is 0.438. The third kappa shape index (κ3) is 7.01. The summed E-state index contributed by atoms with van der Waals surface area (Å²) in [6, 6.07) is 15.0. The molecule has 2 fully saturated rings. The van der Waals surface area contributed by atoms with Crippen molar-refractivity contribution in [2.45, 2.75) is 38.0 Å². The second-order valence-electron chi connectivity index (χ2n) is 11.5. The minimum Gasteiger partial charge on any atom is -0.506 e. The Labute approximate surface area is 263 Å². The van der Waals surface area contributed by atoms with Crippen LogP contribution in [0.1, 0.15) is 44.6 Å². The number of aliphatic hydroxyl groups excluding tert-OH is 1. The van der Waals surface area contributed by atoms with Gasteiger partial charge in [-0.1, -0.05) is 29.5 Å². The molecular weight excluding hydrogens is 601 g/mol. The molecule has 6 rings (SSSR count). The number of aromatic nitrogens is 1. The van der Waals surface area contributed by atoms with E-state index in [4.69, 9.17) is 9.47 Å². The van der Waals surface area contributed by atoms with Crippen LogP contribution in [0.2, 0.25) is 0 Å². The summed E-state index contributed by atoms with van der Waals surface area (Å²) in [6.45, 7) is 8.03. The molecule has 0 bridgehead atoms. The van der Waals surface area contributed by atoms with Crippen LogP contribution in [0.3, 0.4) is 0 Å². The van der Waals surface area contributed by atoms with E-state index in [0.717, 1.165) is 64.9 Å². The predicted octanol–water partition coefficient (Wildman–Crippen LogP) is 3.87. The van der Waals surface area contributed by atoms with E-state index >= 15 is 0 Å². The van der Waals surface area contributed by atoms with Gasteiger partial charge in [-0.05, 0) is 55.7 Å². The van der Waals surface area contributed by atoms with Crippen LogP contribution in [0.4, 0.5) is 0 Å². The molecule has 44 heavy (non-hydrogen) atoms. The van der Waals surface area contributed by atoms with E-state index in [9.17, 15) is 19.8 Å². The maximum Gasteiger partial charge on any atom is 0.305 e. The van der Waals surface area contributed by atoms with Crippen molar-refractivity contribution in [1.29, 1.82) is 0 Å². The third-order valence-corrected chi connectivity index (χ3v) is 10.4. The van der Waals surface area contributed by atoms with Crippen LogP contribution in [0.15, 0.2) is 53.3 Å². The van der Waals surface area contributed by atoms with Gasteiger partial charge in [-0.3, -0.25) is 14.5 Å². The molecule has 4 N–H and O–H groups in total. The maximum absolute atomic E-state index is 13.0. The smallest absolute Gasteiger partial charge is 0.305 e. The fourth-order valence-corrected chi connectivity index (χ4v) is 7.72. The number of amides is 1. The molecule has 0 radical (unpaired) electrons. The molecule has 2 aromatic heterocycles. The standard InChI is InChI=1S/C32H38N4O6S2/c1-21-2-9-27(43-21)30(39)36-15-17-42-32(20-36)10-12-35(13-11-32)14-16-41-23-5-3-22(4-6-23)18-33-19-26(38)24-7-8-25(37)28-29(24)44-31(40)34-28/h2-9,26,33,37-38H,10-20H2,1H3,(H,34,40)/t26-/m0/s1. The molecule has 10 nitrogen and oxygen atoms in total. The highest BCUT2D eigenvalue weighted by atomic mass is 32.1. The predicted molar refractivity (Wildman–Crippen MR) is 172 cm³/mol. The molecule has 4 aromatic rings. The number of aryl methyl sites for hydroxylation is 1. The normalized spacial score (nSPS) is 17.7. The van der Waals surface area contributed by atoms with E-state index < -0.39 is 6.10 Å². The number of rotatable bonds is 10. The average molecular weight is 639 g/mol. The zero-order valence-corrected chi connectivity index (χ0v) is 26.3. The summed E-state index contributed by atoms with van der Waals surface area (Å²) >= 11 is 2.54. The fourth-order valence-electron chi connectivity index (χ4n) is 5.97. The van der Waals surface area contributed by atoms with E-state index in [2.05, 4.69) is 15.2 Å². The molecule has 1 atom stereocenters. The Morgan fingerprint density at radius 2 is 1.91 bits per heavy atom. The van der Waals surface area contributed by atoms with Crippen molar-refractivity contribution < 1.29 is 24.5 Å². The van der Waals surface area contributed by atoms with Crippen LogP contribution in [0, 0.1) is 6.92 Å². The lowest BCUT2D eigenvalue weighted by molar-refractivity contribution is -0.127. The molecule has 2 aromatic carbocycles. The Morgan fingerprint density at radius 3 is 2.66 bits per heavy atom. The van der Waals surface area contributed by atoms with E-state index in [-0.39, 0.29) is 22.1 Å². The number of likely N-dealkylation sites (tertiary alicyclic amines) is 1. The van der Waals surface area contributed by atoms with Crippen molar-refractivity contribution in [2.75, 3.05) is 52.5 Å². The van der Waals surface area contributed by atoms with Crippen LogP contribution in [0.5, 0.6) is 11.5 Å². The number of hydrogen-bond acceptors (Lipinski definition) is 10. The van der Waals surface area contributed by atoms with Gasteiger partial charge in [0.2, 0.25) is 0 Å². The summed E-state index contributed by atoms with van der Waals surface area (Å²) in [7, 11) is 0. The highest BCUT2D eigenvalue weighted by Crippen LogP contribution is 2.32. The number of aromatic hydroxyl groups is 1. The number of phenols is 1. The summed E-state index contributed by atoms with van der Waals surface area (Å²) in [5.41, 5.74) is 1.77. The van der Waals surface area contributed by atoms with Crippen LogP contribution in [-0.4, -0.2) is 89.0 Å². The van der Waals surface area contributed by atoms with Gasteiger partial charge in [0.1, 0.15) is 23.6 Å². The SMILES string of the molecule is Cc1ccc(C(=O)N2CCOC3(CCN(CCOc4ccc(CNC[C@H](O)c5ccc(O)c6[nH]c(=O)sc56)cc4)CC3)C2)s1. The van der Waals surface area contributed by atoms with Crippen molar-refractivity contribution in [2.24, 2.45) is 0 Å². The second kappa shape index (κ2) is 13.4. The van der Waals surface area contributed by atoms with Gasteiger partial charge in [0.05, 0.1) is 34.4 Å². The van der Waals surface area contributed by atoms with Gasteiger partial charge in [0, 0.05) is 49.7 Å². The van der Waals surface area contributed by atoms with E-state index in [1.54, 1.807) is 17.4 Å². The number of phenolic OH excluding ortho intramolecular Hbond substituents is 1. The number of morpholine rings is 1. The molecule has 2 saturated heterocycles. The Bertz CT molecular complexity index is 1640. The molecule has 234 valence electrons. The largest absolute Gasteiger partial charge is 0.506 e. The van der Waals surface area contributed by atoms with Crippen molar-refractivity contribution in [1.82, 2.24) is 20.1 Å². The maximum atomic E-state index is 13.0. The number of nitrogens with zero attached hydrogens (tertiary/aromatic N) is 2. The lowest BCUT2D eigenvalue weighted by Crippen LogP contribution is -2.58. The number of piperidine rings is 1. The molecule has 0 aliphatic carbocycles. The first-order chi connectivity index (χ1) is 21.3. The van der Waals surface area contributed by atoms with Crippen LogP contribution in [-0.2, 0) is 11.3 Å². The van der Waals surface area contributed by atoms with Gasteiger partial charge in [0.15, 0.2) is 0 Å². The molecule has 12 heteroatoms. The zero-order chi connectivity index (χ0) is 30.7. The quantitative estimate of drug-likeness (QED) is 0.206. The first-order valence-corrected chi connectivity index (χ1v) is 16.6. The Hall–Kier alpha value is -3.26. The van der Waals surface area contributed by atoms with Gasteiger partial charge < -0.3 is 34.9 Å². The average Bonchev–Trinajstić information content (AvgIpc) is 3.64. The molecule has 2 aliphatic rings. The third-order valence-electron chi connectivity index (χ3n) is 8.47. The van der Waals surface area contributed by atoms with E-state index in [1.165, 1.54) is 6.07 Å². The lowest BCUT2D eigenvalue weighted by atomic mass is 9.89. The Balaban J connectivity index is 0.910. The van der Waals surface area contributed by atoms with Gasteiger partial charge >= 0.3 is 4.87 Å². The number of fused-ring (bicyclic) bond motifs is 1. The van der Waals surface area contributed by atoms with Gasteiger partial charge in [-0.15, -0.1) is 11.3 Å². The zero-order valence-electron chi connectivity index (χ0n) is 24.7. The number of thiophene rings is 1. The molecule has 0 unspecified atom stereocenters. The minimum atomic E-state index is -0.821. The molecule has 0 saturated carbocycles. The summed E-state index contributed by atoms with van der Waals surface area (Å²) < 4.78 is 12.8. The number of hydrogen-bond donors (Lipinski definition) is 4. The molecule has 4 heterocycles. The highest BCUT2D eigenvalue weighted by molar-refractivity contribution is 7.16. The van der Waals surface area contributed by atoms with Crippen LogP contribution >= 0.6 is 22.7 Å². The summed E-state index contributed by atoms with van der Waals surface area (Å²) in [5.74, 6) is 0.923. The van der Waals surface area contributed by atoms with Crippen LogP contribution in [0.25, 0.3) is 10.2 Å². The van der Waals surface area contributed by atoms with Crippen molar-refractivity contribution in [3.05, 3.63) is 79.1 Å². The molecule has 2 aliphatic heterocycles. The second-order valence-corrected chi connectivity index (χ2v) is 13.8. The number of H-pyrrole nitrogens is 1. The monoisotopic (exact) mass is 638 g/mol. The number of nitrogens with one attached hydrogen (secondary N) is 2. The van der Waals surface area contributed by atoms with Crippen molar-refractivity contribution in [3.8, 4) is 11.5 Å². The molecule has 1 spiro atoms. The lowest BCUT2D eigenvalue weighted by Gasteiger charge is -2.47. The molecular formula is C32H38N4O6S2. The van der Waals surface area contributed by atoms with Gasteiger partial charge in [-0.2, -0.15) is 0 Å². The summed E-state index contributed by atoms with van der Waals surface area (Å²) in [5, 5.41) is 23.9. The van der Waals surface area contributed by atoms with Crippen LogP contribution < -0.4 is 14.9 Å². The number of thiazole rings is 1. The number of carbonyl (C=O) groups excluding carboxylic acids is 1. The summed E-state index contributed by atoms with van der Waals surface area (Å²) in [6.07, 6.45) is 0.984. The van der Waals surface area contributed by atoms with Crippen molar-refractivity contribution >= 4 is 38.8 Å².